The molecule has 1 aliphatic rings. The van der Waals surface area contributed by atoms with Crippen molar-refractivity contribution < 1.29 is 4.74 Å². The van der Waals surface area contributed by atoms with E-state index in [4.69, 9.17) is 17.0 Å². The summed E-state index contributed by atoms with van der Waals surface area (Å²) in [7, 11) is 1.66. The van der Waals surface area contributed by atoms with Crippen LogP contribution in [0.3, 0.4) is 0 Å². The summed E-state index contributed by atoms with van der Waals surface area (Å²) in [6.45, 7) is 0. The van der Waals surface area contributed by atoms with Crippen LogP contribution >= 0.6 is 12.2 Å². The zero-order chi connectivity index (χ0) is 15.4. The maximum Gasteiger partial charge on any atom is 0.171 e. The van der Waals surface area contributed by atoms with E-state index in [0.717, 1.165) is 24.3 Å². The van der Waals surface area contributed by atoms with Crippen molar-refractivity contribution >= 4 is 23.0 Å². The normalized spacial score (nSPS) is 16.5. The van der Waals surface area contributed by atoms with E-state index in [2.05, 4.69) is 34.9 Å². The predicted octanol–water partition coefficient (Wildman–Crippen LogP) is 4.06. The molecule has 3 nitrogen and oxygen atoms in total. The lowest BCUT2D eigenvalue weighted by atomic mass is 9.88. The van der Waals surface area contributed by atoms with Gasteiger partial charge in [-0.2, -0.15) is 0 Å². The molecule has 0 amide bonds. The minimum absolute atomic E-state index is 0.295. The third-order valence-electron chi connectivity index (χ3n) is 4.02. The van der Waals surface area contributed by atoms with Crippen LogP contribution in [0.4, 0.5) is 5.69 Å². The molecular weight excluding hydrogens is 292 g/mol. The van der Waals surface area contributed by atoms with Crippen LogP contribution in [0.15, 0.2) is 48.5 Å². The van der Waals surface area contributed by atoms with Crippen molar-refractivity contribution in [1.82, 2.24) is 5.32 Å². The Morgan fingerprint density at radius 1 is 1.14 bits per heavy atom. The van der Waals surface area contributed by atoms with E-state index in [0.29, 0.717) is 11.2 Å². The Morgan fingerprint density at radius 3 is 2.68 bits per heavy atom. The topological polar surface area (TPSA) is 33.3 Å². The van der Waals surface area contributed by atoms with Crippen LogP contribution in [0.25, 0.3) is 0 Å². The van der Waals surface area contributed by atoms with Gasteiger partial charge < -0.3 is 15.4 Å². The molecular formula is C18H20N2OS. The molecule has 1 aliphatic carbocycles. The fourth-order valence-electron chi connectivity index (χ4n) is 2.90. The monoisotopic (exact) mass is 312 g/mol. The van der Waals surface area contributed by atoms with Gasteiger partial charge in [0.2, 0.25) is 0 Å². The van der Waals surface area contributed by atoms with E-state index in [1.165, 1.54) is 17.5 Å². The number of fused-ring (bicyclic) bond motifs is 1. The largest absolute Gasteiger partial charge is 0.497 e. The van der Waals surface area contributed by atoms with Crippen LogP contribution in [0.1, 0.15) is 30.0 Å². The number of benzene rings is 2. The lowest BCUT2D eigenvalue weighted by Crippen LogP contribution is -2.34. The van der Waals surface area contributed by atoms with Crippen molar-refractivity contribution in [3.8, 4) is 5.75 Å². The summed E-state index contributed by atoms with van der Waals surface area (Å²) in [5, 5.41) is 7.34. The lowest BCUT2D eigenvalue weighted by molar-refractivity contribution is 0.415. The third-order valence-corrected chi connectivity index (χ3v) is 4.24. The fourth-order valence-corrected chi connectivity index (χ4v) is 3.16. The molecule has 0 radical (unpaired) electrons. The molecule has 4 heteroatoms. The van der Waals surface area contributed by atoms with Crippen molar-refractivity contribution in [2.75, 3.05) is 12.4 Å². The first kappa shape index (κ1) is 14.9. The molecule has 1 atom stereocenters. The molecule has 0 fully saturated rings. The van der Waals surface area contributed by atoms with Gasteiger partial charge in [-0.05, 0) is 66.9 Å². The quantitative estimate of drug-likeness (QED) is 0.838. The molecule has 22 heavy (non-hydrogen) atoms. The number of rotatable bonds is 3. The molecule has 0 saturated heterocycles. The number of hydrogen-bond donors (Lipinski definition) is 2. The summed E-state index contributed by atoms with van der Waals surface area (Å²) in [5.74, 6) is 0.839. The van der Waals surface area contributed by atoms with Gasteiger partial charge in [0.05, 0.1) is 13.2 Å². The highest BCUT2D eigenvalue weighted by molar-refractivity contribution is 7.80. The number of anilines is 1. The molecule has 114 valence electrons. The van der Waals surface area contributed by atoms with Gasteiger partial charge in [0.25, 0.3) is 0 Å². The highest BCUT2D eigenvalue weighted by Gasteiger charge is 2.20. The lowest BCUT2D eigenvalue weighted by Gasteiger charge is -2.27. The highest BCUT2D eigenvalue weighted by Crippen LogP contribution is 2.29. The molecule has 0 bridgehead atoms. The van der Waals surface area contributed by atoms with Crippen LogP contribution in [0, 0.1) is 0 Å². The van der Waals surface area contributed by atoms with Crippen LogP contribution in [-0.2, 0) is 6.42 Å². The highest BCUT2D eigenvalue weighted by atomic mass is 32.1. The van der Waals surface area contributed by atoms with E-state index >= 15 is 0 Å². The Labute approximate surface area is 136 Å². The molecule has 0 heterocycles. The summed E-state index contributed by atoms with van der Waals surface area (Å²) >= 11 is 5.45. The van der Waals surface area contributed by atoms with Gasteiger partial charge >= 0.3 is 0 Å². The Kier molecular flexibility index (Phi) is 4.59. The molecule has 2 aromatic carbocycles. The first-order chi connectivity index (χ1) is 10.8. The van der Waals surface area contributed by atoms with Gasteiger partial charge in [0.15, 0.2) is 5.11 Å². The van der Waals surface area contributed by atoms with Crippen LogP contribution in [0.5, 0.6) is 5.75 Å². The summed E-state index contributed by atoms with van der Waals surface area (Å²) < 4.78 is 5.16. The van der Waals surface area contributed by atoms with E-state index in [9.17, 15) is 0 Å². The fraction of sp³-hybridized carbons (Fsp3) is 0.278. The smallest absolute Gasteiger partial charge is 0.171 e. The summed E-state index contributed by atoms with van der Waals surface area (Å²) in [4.78, 5) is 0. The van der Waals surface area contributed by atoms with Crippen molar-refractivity contribution in [2.45, 2.75) is 25.3 Å². The molecule has 0 spiro atoms. The Morgan fingerprint density at radius 2 is 1.91 bits per heavy atom. The van der Waals surface area contributed by atoms with Gasteiger partial charge in [-0.15, -0.1) is 0 Å². The molecule has 0 aromatic heterocycles. The molecule has 3 rings (SSSR count). The van der Waals surface area contributed by atoms with E-state index in [1.807, 2.05) is 24.3 Å². The second kappa shape index (κ2) is 6.79. The van der Waals surface area contributed by atoms with Gasteiger partial charge in [-0.3, -0.25) is 0 Å². The van der Waals surface area contributed by atoms with Gasteiger partial charge in [-0.1, -0.05) is 24.3 Å². The summed E-state index contributed by atoms with van der Waals surface area (Å²) in [6.07, 6.45) is 3.47. The number of aryl methyl sites for hydroxylation is 1. The van der Waals surface area contributed by atoms with E-state index in [1.54, 1.807) is 7.11 Å². The minimum Gasteiger partial charge on any atom is -0.497 e. The average Bonchev–Trinajstić information content (AvgIpc) is 2.56. The maximum absolute atomic E-state index is 5.45. The maximum atomic E-state index is 5.45. The van der Waals surface area contributed by atoms with Crippen LogP contribution in [0.2, 0.25) is 0 Å². The molecule has 0 saturated carbocycles. The third kappa shape index (κ3) is 3.39. The van der Waals surface area contributed by atoms with E-state index < -0.39 is 0 Å². The number of hydrogen-bond acceptors (Lipinski definition) is 2. The second-order valence-electron chi connectivity index (χ2n) is 5.47. The average molecular weight is 312 g/mol. The number of thiocarbonyl (C=S) groups is 1. The molecule has 0 aliphatic heterocycles. The number of methoxy groups -OCH3 is 1. The first-order valence-corrected chi connectivity index (χ1v) is 7.96. The number of nitrogens with one attached hydrogen (secondary N) is 2. The zero-order valence-corrected chi connectivity index (χ0v) is 13.5. The standard InChI is InChI=1S/C18H20N2OS/c1-21-15-11-9-14(10-12-15)19-18(22)20-17-8-4-6-13-5-2-3-7-16(13)17/h2-3,5,7,9-12,17H,4,6,8H2,1H3,(H2,19,20,22)/t17-/m0/s1. The first-order valence-electron chi connectivity index (χ1n) is 7.55. The van der Waals surface area contributed by atoms with Crippen LogP contribution in [-0.4, -0.2) is 12.2 Å². The summed E-state index contributed by atoms with van der Waals surface area (Å²) in [6, 6.07) is 16.7. The van der Waals surface area contributed by atoms with E-state index in [-0.39, 0.29) is 0 Å². The second-order valence-corrected chi connectivity index (χ2v) is 5.88. The Bertz CT molecular complexity index is 654. The molecule has 2 N–H and O–H groups in total. The van der Waals surface area contributed by atoms with Crippen molar-refractivity contribution in [3.05, 3.63) is 59.7 Å². The summed E-state index contributed by atoms with van der Waals surface area (Å²) in [5.41, 5.74) is 3.76. The van der Waals surface area contributed by atoms with Crippen molar-refractivity contribution in [3.63, 3.8) is 0 Å². The molecule has 2 aromatic rings. The number of ether oxygens (including phenoxy) is 1. The Balaban J connectivity index is 1.65. The zero-order valence-electron chi connectivity index (χ0n) is 12.6. The van der Waals surface area contributed by atoms with Crippen molar-refractivity contribution in [2.24, 2.45) is 0 Å². The van der Waals surface area contributed by atoms with Crippen molar-refractivity contribution in [1.29, 1.82) is 0 Å². The van der Waals surface area contributed by atoms with Crippen LogP contribution < -0.4 is 15.4 Å². The SMILES string of the molecule is COc1ccc(NC(=S)N[C@H]2CCCc3ccccc32)cc1. The van der Waals surface area contributed by atoms with Gasteiger partial charge in [0.1, 0.15) is 5.75 Å². The van der Waals surface area contributed by atoms with Gasteiger partial charge in [-0.25, -0.2) is 0 Å². The Hall–Kier alpha value is -2.07. The predicted molar refractivity (Wildman–Crippen MR) is 94.5 cm³/mol. The van der Waals surface area contributed by atoms with Gasteiger partial charge in [0, 0.05) is 5.69 Å². The minimum atomic E-state index is 0.295. The molecule has 0 unspecified atom stereocenters.